The summed E-state index contributed by atoms with van der Waals surface area (Å²) in [6.45, 7) is 0. The predicted molar refractivity (Wildman–Crippen MR) is 38.5 cm³/mol. The number of hydrogen-bond donors (Lipinski definition) is 1. The zero-order chi connectivity index (χ0) is 6.43. The van der Waals surface area contributed by atoms with Gasteiger partial charge < -0.3 is 0 Å². The largest absolute Gasteiger partial charge is 0.237 e. The number of alkyl halides is 1. The van der Waals surface area contributed by atoms with E-state index in [2.05, 4.69) is 12.6 Å². The van der Waals surface area contributed by atoms with Crippen LogP contribution in [0.4, 0.5) is 4.39 Å². The minimum atomic E-state index is -0.710. The maximum absolute atomic E-state index is 12.5. The highest BCUT2D eigenvalue weighted by molar-refractivity contribution is 7.81. The summed E-state index contributed by atoms with van der Waals surface area (Å²) in [5, 5.41) is 0.254. The quantitative estimate of drug-likeness (QED) is 0.491. The minimum absolute atomic E-state index is 0.254. The summed E-state index contributed by atoms with van der Waals surface area (Å²) < 4.78 is 12.5. The second-order valence-electron chi connectivity index (χ2n) is 2.47. The van der Waals surface area contributed by atoms with Gasteiger partial charge in [0.25, 0.3) is 0 Å². The van der Waals surface area contributed by atoms with Gasteiger partial charge in [-0.3, -0.25) is 0 Å². The van der Waals surface area contributed by atoms with Gasteiger partial charge in [0.15, 0.2) is 0 Å². The fourth-order valence-electron chi connectivity index (χ4n) is 1.17. The second kappa shape index (κ2) is 1.63. The highest BCUT2D eigenvalue weighted by atomic mass is 32.1. The molecule has 0 saturated heterocycles. The molecule has 2 atom stereocenters. The van der Waals surface area contributed by atoms with Crippen LogP contribution in [0.5, 0.6) is 0 Å². The topological polar surface area (TPSA) is 0 Å². The summed E-state index contributed by atoms with van der Waals surface area (Å²) in [5.41, 5.74) is 1.87. The maximum atomic E-state index is 12.5. The van der Waals surface area contributed by atoms with Gasteiger partial charge in [0.2, 0.25) is 0 Å². The molecule has 0 bridgehead atoms. The lowest BCUT2D eigenvalue weighted by Gasteiger charge is -2.00. The van der Waals surface area contributed by atoms with Crippen molar-refractivity contribution in [2.24, 2.45) is 0 Å². The Labute approximate surface area is 58.9 Å². The van der Waals surface area contributed by atoms with Gasteiger partial charge in [0, 0.05) is 5.25 Å². The molecule has 2 heteroatoms. The highest BCUT2D eigenvalue weighted by Crippen LogP contribution is 2.43. The van der Waals surface area contributed by atoms with E-state index in [9.17, 15) is 4.39 Å². The van der Waals surface area contributed by atoms with Crippen molar-refractivity contribution in [3.05, 3.63) is 23.3 Å². The number of thiol groups is 1. The van der Waals surface area contributed by atoms with Crippen LogP contribution < -0.4 is 0 Å². The van der Waals surface area contributed by atoms with Crippen LogP contribution in [0.15, 0.2) is 23.3 Å². The Morgan fingerprint density at radius 3 is 3.00 bits per heavy atom. The summed E-state index contributed by atoms with van der Waals surface area (Å²) in [4.78, 5) is 0. The van der Waals surface area contributed by atoms with Crippen LogP contribution in [0, 0.1) is 0 Å². The van der Waals surface area contributed by atoms with Gasteiger partial charge in [0.05, 0.1) is 0 Å². The average molecular weight is 142 g/mol. The lowest BCUT2D eigenvalue weighted by atomic mass is 10.2. The molecule has 0 spiro atoms. The van der Waals surface area contributed by atoms with E-state index in [4.69, 9.17) is 0 Å². The summed E-state index contributed by atoms with van der Waals surface area (Å²) >= 11 is 4.20. The Kier molecular flexibility index (Phi) is 1.00. The molecule has 0 radical (unpaired) electrons. The third-order valence-corrected chi connectivity index (χ3v) is 2.15. The smallest absolute Gasteiger partial charge is 0.147 e. The van der Waals surface area contributed by atoms with E-state index in [0.29, 0.717) is 0 Å². The molecule has 2 aliphatic carbocycles. The lowest BCUT2D eigenvalue weighted by Crippen LogP contribution is -1.93. The van der Waals surface area contributed by atoms with Crippen molar-refractivity contribution < 1.29 is 4.39 Å². The molecule has 0 fully saturated rings. The van der Waals surface area contributed by atoms with E-state index >= 15 is 0 Å². The fraction of sp³-hybridized carbons (Fsp3) is 0.429. The van der Waals surface area contributed by atoms with Crippen LogP contribution in [-0.2, 0) is 0 Å². The molecule has 0 aromatic carbocycles. The lowest BCUT2D eigenvalue weighted by molar-refractivity contribution is 0.491. The fourth-order valence-corrected chi connectivity index (χ4v) is 1.46. The third-order valence-electron chi connectivity index (χ3n) is 1.79. The Hall–Kier alpha value is -0.240. The van der Waals surface area contributed by atoms with E-state index in [1.165, 1.54) is 0 Å². The summed E-state index contributed by atoms with van der Waals surface area (Å²) in [7, 11) is 0. The first-order chi connectivity index (χ1) is 4.29. The van der Waals surface area contributed by atoms with Crippen molar-refractivity contribution in [2.45, 2.75) is 17.8 Å². The maximum Gasteiger partial charge on any atom is 0.147 e. The molecule has 9 heavy (non-hydrogen) atoms. The first kappa shape index (κ1) is 5.54. The van der Waals surface area contributed by atoms with E-state index in [1.54, 1.807) is 0 Å². The Morgan fingerprint density at radius 2 is 2.44 bits per heavy atom. The molecule has 1 unspecified atom stereocenters. The van der Waals surface area contributed by atoms with Crippen LogP contribution in [0.2, 0.25) is 0 Å². The number of allylic oxidation sites excluding steroid dienone is 3. The van der Waals surface area contributed by atoms with Crippen molar-refractivity contribution >= 4 is 12.6 Å². The van der Waals surface area contributed by atoms with E-state index < -0.39 is 6.17 Å². The minimum Gasteiger partial charge on any atom is -0.237 e. The molecule has 0 saturated carbocycles. The van der Waals surface area contributed by atoms with Crippen LogP contribution in [0.3, 0.4) is 0 Å². The Morgan fingerprint density at radius 1 is 1.67 bits per heavy atom. The summed E-state index contributed by atoms with van der Waals surface area (Å²) in [5.74, 6) is 0. The second-order valence-corrected chi connectivity index (χ2v) is 3.14. The standard InChI is InChI=1S/C7H7FS/c8-7-5-2-1-4(9)3-6(5)7/h1-2,4,7,9H,3H2/t4?,7-/m1/s1. The summed E-state index contributed by atoms with van der Waals surface area (Å²) in [6.07, 6.45) is 3.90. The number of rotatable bonds is 0. The van der Waals surface area contributed by atoms with Crippen LogP contribution >= 0.6 is 12.6 Å². The molecule has 0 heterocycles. The Balaban J connectivity index is 2.18. The molecular weight excluding hydrogens is 135 g/mol. The van der Waals surface area contributed by atoms with Crippen molar-refractivity contribution in [3.63, 3.8) is 0 Å². The summed E-state index contributed by atoms with van der Waals surface area (Å²) in [6, 6.07) is 0. The van der Waals surface area contributed by atoms with Gasteiger partial charge in [-0.05, 0) is 17.6 Å². The van der Waals surface area contributed by atoms with Crippen LogP contribution in [-0.4, -0.2) is 11.4 Å². The van der Waals surface area contributed by atoms with Gasteiger partial charge in [-0.25, -0.2) is 4.39 Å². The third kappa shape index (κ3) is 0.732. The molecule has 0 amide bonds. The van der Waals surface area contributed by atoms with E-state index in [-0.39, 0.29) is 5.25 Å². The molecule has 0 aliphatic heterocycles. The molecule has 0 N–H and O–H groups in total. The highest BCUT2D eigenvalue weighted by Gasteiger charge is 2.37. The zero-order valence-corrected chi connectivity index (χ0v) is 5.74. The molecule has 48 valence electrons. The Bertz CT molecular complexity index is 205. The molecule has 2 aliphatic rings. The van der Waals surface area contributed by atoms with Gasteiger partial charge >= 0.3 is 0 Å². The first-order valence-corrected chi connectivity index (χ1v) is 3.54. The van der Waals surface area contributed by atoms with E-state index in [1.807, 2.05) is 12.2 Å². The average Bonchev–Trinajstić information content (AvgIpc) is 2.43. The molecule has 2 rings (SSSR count). The van der Waals surface area contributed by atoms with Crippen molar-refractivity contribution in [1.29, 1.82) is 0 Å². The molecular formula is C7H7FS. The molecule has 0 nitrogen and oxygen atoms in total. The van der Waals surface area contributed by atoms with Crippen molar-refractivity contribution in [2.75, 3.05) is 0 Å². The monoisotopic (exact) mass is 142 g/mol. The van der Waals surface area contributed by atoms with Crippen LogP contribution in [0.25, 0.3) is 0 Å². The SMILES string of the molecule is F[C@@H]1C2=C1CC(S)C=C2. The van der Waals surface area contributed by atoms with Crippen molar-refractivity contribution in [3.8, 4) is 0 Å². The zero-order valence-electron chi connectivity index (χ0n) is 4.84. The van der Waals surface area contributed by atoms with Crippen LogP contribution in [0.1, 0.15) is 6.42 Å². The molecule has 0 aromatic rings. The normalized spacial score (nSPS) is 38.9. The number of halogens is 1. The van der Waals surface area contributed by atoms with E-state index in [0.717, 1.165) is 17.6 Å². The van der Waals surface area contributed by atoms with Gasteiger partial charge in [-0.1, -0.05) is 12.2 Å². The molecule has 0 aromatic heterocycles. The van der Waals surface area contributed by atoms with Gasteiger partial charge in [-0.15, -0.1) is 0 Å². The van der Waals surface area contributed by atoms with Crippen molar-refractivity contribution in [1.82, 2.24) is 0 Å². The van der Waals surface area contributed by atoms with Gasteiger partial charge in [0.1, 0.15) is 6.17 Å². The first-order valence-electron chi connectivity index (χ1n) is 3.02. The predicted octanol–water partition coefficient (Wildman–Crippen LogP) is 1.89. The number of hydrogen-bond acceptors (Lipinski definition) is 1. The van der Waals surface area contributed by atoms with Gasteiger partial charge in [-0.2, -0.15) is 12.6 Å².